The quantitative estimate of drug-likeness (QED) is 0.748. The number of anilines is 2. The number of likely N-dealkylation sites (N-methyl/N-ethyl adjacent to an activating group) is 1. The molecule has 1 aromatic rings. The van der Waals surface area contributed by atoms with E-state index in [2.05, 4.69) is 35.0 Å². The molecule has 5 nitrogen and oxygen atoms in total. The summed E-state index contributed by atoms with van der Waals surface area (Å²) in [7, 11) is 0. The molecule has 1 unspecified atom stereocenters. The minimum Gasteiger partial charge on any atom is -0.489 e. The van der Waals surface area contributed by atoms with E-state index in [1.807, 2.05) is 26.0 Å². The molecule has 0 bridgehead atoms. The van der Waals surface area contributed by atoms with Gasteiger partial charge in [-0.05, 0) is 45.5 Å². The average molecular weight is 319 g/mol. The summed E-state index contributed by atoms with van der Waals surface area (Å²) in [6.45, 7) is 12.7. The first-order valence-corrected chi connectivity index (χ1v) is 8.58. The molecule has 0 aliphatic carbocycles. The highest BCUT2D eigenvalue weighted by Gasteiger charge is 2.26. The monoisotopic (exact) mass is 319 g/mol. The molecule has 1 N–H and O–H groups in total. The Morgan fingerprint density at radius 2 is 2.13 bits per heavy atom. The summed E-state index contributed by atoms with van der Waals surface area (Å²) in [5.41, 5.74) is 1.88. The first-order chi connectivity index (χ1) is 11.1. The van der Waals surface area contributed by atoms with Crippen LogP contribution in [0.1, 0.15) is 34.1 Å². The molecule has 1 saturated heterocycles. The van der Waals surface area contributed by atoms with Gasteiger partial charge in [0, 0.05) is 30.9 Å². The van der Waals surface area contributed by atoms with E-state index < -0.39 is 0 Å². The van der Waals surface area contributed by atoms with E-state index in [9.17, 15) is 4.79 Å². The molecular formula is C18H29N3O2. The standard InChI is InChI=1S/C18H29N3O2/c1-5-20(6-2)16-9-10-21(12-16)15-7-8-17(19-13-22)18(11-15)23-14(3)4/h7-8,11,13-14,16H,5-6,9-10,12H2,1-4H3,(H,19,22). The summed E-state index contributed by atoms with van der Waals surface area (Å²) in [6, 6.07) is 6.64. The van der Waals surface area contributed by atoms with E-state index >= 15 is 0 Å². The number of hydrogen-bond acceptors (Lipinski definition) is 4. The normalized spacial score (nSPS) is 17.8. The molecule has 2 rings (SSSR count). The second-order valence-electron chi connectivity index (χ2n) is 6.22. The number of ether oxygens (including phenoxy) is 1. The number of nitrogens with zero attached hydrogens (tertiary/aromatic N) is 2. The molecule has 1 atom stereocenters. The van der Waals surface area contributed by atoms with Gasteiger partial charge in [-0.3, -0.25) is 9.69 Å². The van der Waals surface area contributed by atoms with Crippen LogP contribution in [-0.4, -0.2) is 49.6 Å². The number of rotatable bonds is 8. The second kappa shape index (κ2) is 8.20. The second-order valence-corrected chi connectivity index (χ2v) is 6.22. The van der Waals surface area contributed by atoms with Crippen molar-refractivity contribution in [2.45, 2.75) is 46.3 Å². The van der Waals surface area contributed by atoms with Crippen LogP contribution in [0.3, 0.4) is 0 Å². The largest absolute Gasteiger partial charge is 0.489 e. The average Bonchev–Trinajstić information content (AvgIpc) is 3.00. The van der Waals surface area contributed by atoms with Crippen LogP contribution in [0.5, 0.6) is 5.75 Å². The Labute approximate surface area is 139 Å². The third kappa shape index (κ3) is 4.38. The van der Waals surface area contributed by atoms with Gasteiger partial charge >= 0.3 is 0 Å². The molecule has 1 amide bonds. The van der Waals surface area contributed by atoms with Crippen molar-refractivity contribution < 1.29 is 9.53 Å². The first kappa shape index (κ1) is 17.6. The number of carbonyl (C=O) groups is 1. The van der Waals surface area contributed by atoms with E-state index in [4.69, 9.17) is 4.74 Å². The minimum atomic E-state index is 0.0689. The summed E-state index contributed by atoms with van der Waals surface area (Å²) in [5, 5.41) is 2.71. The van der Waals surface area contributed by atoms with Gasteiger partial charge < -0.3 is 15.0 Å². The molecule has 1 aliphatic heterocycles. The molecule has 0 saturated carbocycles. The van der Waals surface area contributed by atoms with E-state index in [0.29, 0.717) is 12.5 Å². The highest BCUT2D eigenvalue weighted by molar-refractivity contribution is 5.77. The van der Waals surface area contributed by atoms with E-state index in [1.54, 1.807) is 0 Å². The van der Waals surface area contributed by atoms with Gasteiger partial charge in [-0.25, -0.2) is 0 Å². The lowest BCUT2D eigenvalue weighted by Crippen LogP contribution is -2.37. The van der Waals surface area contributed by atoms with Crippen molar-refractivity contribution in [3.05, 3.63) is 18.2 Å². The fraction of sp³-hybridized carbons (Fsp3) is 0.611. The fourth-order valence-corrected chi connectivity index (χ4v) is 3.26. The zero-order chi connectivity index (χ0) is 16.8. The van der Waals surface area contributed by atoms with E-state index in [1.165, 1.54) is 6.42 Å². The molecule has 1 fully saturated rings. The van der Waals surface area contributed by atoms with Crippen molar-refractivity contribution >= 4 is 17.8 Å². The summed E-state index contributed by atoms with van der Waals surface area (Å²) in [6.07, 6.45) is 1.95. The molecule has 1 heterocycles. The van der Waals surface area contributed by atoms with Crippen molar-refractivity contribution in [2.24, 2.45) is 0 Å². The zero-order valence-corrected chi connectivity index (χ0v) is 14.7. The number of hydrogen-bond donors (Lipinski definition) is 1. The Morgan fingerprint density at radius 3 is 2.74 bits per heavy atom. The number of carbonyl (C=O) groups excluding carboxylic acids is 1. The molecule has 0 spiro atoms. The van der Waals surface area contributed by atoms with Crippen LogP contribution in [0.15, 0.2) is 18.2 Å². The van der Waals surface area contributed by atoms with Gasteiger partial charge in [0.1, 0.15) is 5.75 Å². The molecule has 0 radical (unpaired) electrons. The SMILES string of the molecule is CCN(CC)C1CCN(c2ccc(NC=O)c(OC(C)C)c2)C1. The van der Waals surface area contributed by atoms with Gasteiger partial charge in [0.15, 0.2) is 0 Å². The van der Waals surface area contributed by atoms with Gasteiger partial charge in [-0.2, -0.15) is 0 Å². The first-order valence-electron chi connectivity index (χ1n) is 8.58. The number of nitrogens with one attached hydrogen (secondary N) is 1. The van der Waals surface area contributed by atoms with Gasteiger partial charge in [0.25, 0.3) is 0 Å². The summed E-state index contributed by atoms with van der Waals surface area (Å²) in [4.78, 5) is 15.7. The van der Waals surface area contributed by atoms with Gasteiger partial charge in [-0.1, -0.05) is 13.8 Å². The maximum absolute atomic E-state index is 10.8. The lowest BCUT2D eigenvalue weighted by molar-refractivity contribution is -0.105. The van der Waals surface area contributed by atoms with Crippen LogP contribution in [0.4, 0.5) is 11.4 Å². The topological polar surface area (TPSA) is 44.8 Å². The van der Waals surface area contributed by atoms with Crippen LogP contribution in [0, 0.1) is 0 Å². The predicted molar refractivity (Wildman–Crippen MR) is 95.4 cm³/mol. The molecular weight excluding hydrogens is 290 g/mol. The number of amides is 1. The molecule has 0 aromatic heterocycles. The van der Waals surface area contributed by atoms with Crippen LogP contribution in [-0.2, 0) is 4.79 Å². The third-order valence-electron chi connectivity index (χ3n) is 4.40. The van der Waals surface area contributed by atoms with Gasteiger partial charge in [-0.15, -0.1) is 0 Å². The lowest BCUT2D eigenvalue weighted by atomic mass is 10.2. The summed E-state index contributed by atoms with van der Waals surface area (Å²) in [5.74, 6) is 0.732. The van der Waals surface area contributed by atoms with Crippen molar-refractivity contribution in [3.63, 3.8) is 0 Å². The molecule has 1 aromatic carbocycles. The van der Waals surface area contributed by atoms with Crippen molar-refractivity contribution in [3.8, 4) is 5.75 Å². The van der Waals surface area contributed by atoms with Crippen molar-refractivity contribution in [2.75, 3.05) is 36.4 Å². The fourth-order valence-electron chi connectivity index (χ4n) is 3.26. The molecule has 23 heavy (non-hydrogen) atoms. The van der Waals surface area contributed by atoms with Crippen LogP contribution >= 0.6 is 0 Å². The van der Waals surface area contributed by atoms with Crippen LogP contribution in [0.25, 0.3) is 0 Å². The Kier molecular flexibility index (Phi) is 6.28. The Balaban J connectivity index is 2.15. The van der Waals surface area contributed by atoms with Gasteiger partial charge in [0.2, 0.25) is 6.41 Å². The van der Waals surface area contributed by atoms with E-state index in [-0.39, 0.29) is 6.10 Å². The van der Waals surface area contributed by atoms with E-state index in [0.717, 1.165) is 43.3 Å². The molecule has 128 valence electrons. The van der Waals surface area contributed by atoms with Crippen LogP contribution in [0.2, 0.25) is 0 Å². The maximum Gasteiger partial charge on any atom is 0.211 e. The molecule has 1 aliphatic rings. The Bertz CT molecular complexity index is 515. The Morgan fingerprint density at radius 1 is 1.39 bits per heavy atom. The lowest BCUT2D eigenvalue weighted by Gasteiger charge is -2.27. The summed E-state index contributed by atoms with van der Waals surface area (Å²) < 4.78 is 5.86. The van der Waals surface area contributed by atoms with Gasteiger partial charge in [0.05, 0.1) is 11.8 Å². The molecule has 5 heteroatoms. The third-order valence-corrected chi connectivity index (χ3v) is 4.40. The predicted octanol–water partition coefficient (Wildman–Crippen LogP) is 2.96. The minimum absolute atomic E-state index is 0.0689. The number of benzene rings is 1. The van der Waals surface area contributed by atoms with Crippen LogP contribution < -0.4 is 15.0 Å². The van der Waals surface area contributed by atoms with Crippen molar-refractivity contribution in [1.82, 2.24) is 4.90 Å². The zero-order valence-electron chi connectivity index (χ0n) is 14.7. The Hall–Kier alpha value is -1.75. The smallest absolute Gasteiger partial charge is 0.211 e. The highest BCUT2D eigenvalue weighted by atomic mass is 16.5. The van der Waals surface area contributed by atoms with Crippen molar-refractivity contribution in [1.29, 1.82) is 0 Å². The maximum atomic E-state index is 10.8. The summed E-state index contributed by atoms with van der Waals surface area (Å²) >= 11 is 0. The highest BCUT2D eigenvalue weighted by Crippen LogP contribution is 2.32.